The number of amides is 1. The lowest BCUT2D eigenvalue weighted by Gasteiger charge is -2.19. The van der Waals surface area contributed by atoms with E-state index < -0.39 is 17.6 Å². The summed E-state index contributed by atoms with van der Waals surface area (Å²) in [6, 6.07) is 11.8. The Morgan fingerprint density at radius 3 is 2.49 bits per heavy atom. The molecule has 3 N–H and O–H groups in total. The van der Waals surface area contributed by atoms with Crippen LogP contribution in [0.3, 0.4) is 0 Å². The maximum absolute atomic E-state index is 13.2. The van der Waals surface area contributed by atoms with Crippen LogP contribution in [0, 0.1) is 6.92 Å². The van der Waals surface area contributed by atoms with E-state index in [9.17, 15) is 23.1 Å². The van der Waals surface area contributed by atoms with Crippen LogP contribution in [-0.4, -0.2) is 50.7 Å². The molecule has 1 atom stereocenters. The third-order valence-electron chi connectivity index (χ3n) is 6.77. The monoisotopic (exact) mass is 588 g/mol. The van der Waals surface area contributed by atoms with Crippen molar-refractivity contribution in [1.82, 2.24) is 19.9 Å². The third kappa shape index (κ3) is 6.24. The van der Waals surface area contributed by atoms with E-state index in [1.807, 2.05) is 25.1 Å². The number of hydrogen-bond donors (Lipinski definition) is 3. The van der Waals surface area contributed by atoms with E-state index in [2.05, 4.69) is 25.6 Å². The van der Waals surface area contributed by atoms with Gasteiger partial charge >= 0.3 is 6.18 Å². The second-order valence-electron chi connectivity index (χ2n) is 9.84. The number of carbonyl (C=O) groups is 1. The molecule has 0 spiro atoms. The Morgan fingerprint density at radius 2 is 1.79 bits per heavy atom. The second-order valence-corrected chi connectivity index (χ2v) is 9.84. The molecule has 9 nitrogen and oxygen atoms in total. The molecule has 0 fully saturated rings. The molecule has 0 saturated carbocycles. The van der Waals surface area contributed by atoms with E-state index in [-0.39, 0.29) is 24.0 Å². The fraction of sp³-hybridized carbons (Fsp3) is 0.194. The summed E-state index contributed by atoms with van der Waals surface area (Å²) in [6.45, 7) is 3.57. The van der Waals surface area contributed by atoms with Gasteiger partial charge in [-0.3, -0.25) is 9.78 Å². The van der Waals surface area contributed by atoms with Gasteiger partial charge in [0.25, 0.3) is 5.91 Å². The number of halogens is 3. The molecule has 0 aliphatic heterocycles. The van der Waals surface area contributed by atoms with Gasteiger partial charge in [0.05, 0.1) is 30.4 Å². The average molecular weight is 589 g/mol. The molecule has 1 amide bonds. The standard InChI is InChI=1S/C31H27F3N6O3/c1-17-4-5-20(29(42)39-25-14-22(8-11-36-25)31(32,33)34)12-23(17)24-13-21-15-37-30(38-18(2)16-41)40-27(21)26(28(24)43-3)19-6-9-35-10-7-19/h4-15,18,41H,16H2,1-3H3,(H,36,39,42)(H,37,38,40). The maximum atomic E-state index is 13.2. The van der Waals surface area contributed by atoms with Crippen molar-refractivity contribution in [2.45, 2.75) is 26.1 Å². The van der Waals surface area contributed by atoms with Gasteiger partial charge in [0.1, 0.15) is 11.6 Å². The minimum absolute atomic E-state index is 0.103. The number of methoxy groups -OCH3 is 1. The minimum atomic E-state index is -4.57. The van der Waals surface area contributed by atoms with Crippen LogP contribution in [0.2, 0.25) is 0 Å². The Kier molecular flexibility index (Phi) is 8.22. The van der Waals surface area contributed by atoms with Crippen molar-refractivity contribution < 1.29 is 27.8 Å². The number of hydrogen-bond acceptors (Lipinski definition) is 8. The van der Waals surface area contributed by atoms with Crippen LogP contribution < -0.4 is 15.4 Å². The molecule has 2 aromatic carbocycles. The number of carbonyl (C=O) groups excluding carboxylic acids is 1. The van der Waals surface area contributed by atoms with Crippen LogP contribution in [0.4, 0.5) is 24.9 Å². The molecule has 43 heavy (non-hydrogen) atoms. The number of aromatic nitrogens is 4. The highest BCUT2D eigenvalue weighted by Gasteiger charge is 2.31. The predicted octanol–water partition coefficient (Wildman–Crippen LogP) is 6.13. The summed E-state index contributed by atoms with van der Waals surface area (Å²) in [7, 11) is 1.54. The molecule has 3 heterocycles. The van der Waals surface area contributed by atoms with Crippen molar-refractivity contribution in [3.63, 3.8) is 0 Å². The molecular formula is C31H27F3N6O3. The zero-order valence-electron chi connectivity index (χ0n) is 23.4. The number of nitrogens with one attached hydrogen (secondary N) is 2. The highest BCUT2D eigenvalue weighted by Crippen LogP contribution is 2.44. The predicted molar refractivity (Wildman–Crippen MR) is 157 cm³/mol. The first-order chi connectivity index (χ1) is 20.6. The minimum Gasteiger partial charge on any atom is -0.495 e. The normalized spacial score (nSPS) is 12.2. The Bertz CT molecular complexity index is 1800. The second kappa shape index (κ2) is 12.0. The van der Waals surface area contributed by atoms with Gasteiger partial charge in [-0.25, -0.2) is 15.0 Å². The van der Waals surface area contributed by atoms with Gasteiger partial charge < -0.3 is 20.5 Å². The van der Waals surface area contributed by atoms with Gasteiger partial charge in [-0.2, -0.15) is 13.2 Å². The van der Waals surface area contributed by atoms with Gasteiger partial charge in [0.15, 0.2) is 0 Å². The van der Waals surface area contributed by atoms with Gasteiger partial charge in [-0.05, 0) is 73.0 Å². The molecule has 0 aliphatic rings. The zero-order chi connectivity index (χ0) is 30.7. The molecule has 5 aromatic rings. The highest BCUT2D eigenvalue weighted by molar-refractivity contribution is 6.06. The number of anilines is 2. The van der Waals surface area contributed by atoms with Crippen LogP contribution >= 0.6 is 0 Å². The molecule has 1 unspecified atom stereocenters. The summed E-state index contributed by atoms with van der Waals surface area (Å²) >= 11 is 0. The van der Waals surface area contributed by atoms with E-state index in [1.165, 1.54) is 7.11 Å². The largest absolute Gasteiger partial charge is 0.495 e. The van der Waals surface area contributed by atoms with Crippen LogP contribution in [0.25, 0.3) is 33.2 Å². The third-order valence-corrected chi connectivity index (χ3v) is 6.77. The summed E-state index contributed by atoms with van der Waals surface area (Å²) in [6.07, 6.45) is 1.38. The van der Waals surface area contributed by atoms with Crippen molar-refractivity contribution in [1.29, 1.82) is 0 Å². The summed E-state index contributed by atoms with van der Waals surface area (Å²) in [4.78, 5) is 30.3. The average Bonchev–Trinajstić information content (AvgIpc) is 3.00. The van der Waals surface area contributed by atoms with E-state index in [4.69, 9.17) is 9.72 Å². The van der Waals surface area contributed by atoms with E-state index in [0.29, 0.717) is 39.3 Å². The maximum Gasteiger partial charge on any atom is 0.416 e. The summed E-state index contributed by atoms with van der Waals surface area (Å²) in [5.41, 5.74) is 3.47. The highest BCUT2D eigenvalue weighted by atomic mass is 19.4. The lowest BCUT2D eigenvalue weighted by molar-refractivity contribution is -0.137. The molecule has 0 bridgehead atoms. The number of aliphatic hydroxyl groups is 1. The van der Waals surface area contributed by atoms with Gasteiger partial charge in [-0.15, -0.1) is 0 Å². The van der Waals surface area contributed by atoms with Crippen molar-refractivity contribution in [2.75, 3.05) is 24.4 Å². The Morgan fingerprint density at radius 1 is 1.02 bits per heavy atom. The van der Waals surface area contributed by atoms with Crippen molar-refractivity contribution in [3.8, 4) is 28.0 Å². The number of ether oxygens (including phenoxy) is 1. The van der Waals surface area contributed by atoms with Crippen molar-refractivity contribution >= 4 is 28.6 Å². The molecule has 12 heteroatoms. The van der Waals surface area contributed by atoms with E-state index >= 15 is 0 Å². The SMILES string of the molecule is COc1c(-c2cc(C(=O)Nc3cc(C(F)(F)F)ccn3)ccc2C)cc2cnc(NC(C)CO)nc2c1-c1ccncc1. The molecule has 3 aromatic heterocycles. The topological polar surface area (TPSA) is 122 Å². The van der Waals surface area contributed by atoms with Crippen LogP contribution in [-0.2, 0) is 6.18 Å². The number of benzene rings is 2. The molecule has 0 aliphatic carbocycles. The van der Waals surface area contributed by atoms with Crippen LogP contribution in [0.1, 0.15) is 28.4 Å². The molecule has 0 radical (unpaired) electrons. The van der Waals surface area contributed by atoms with Crippen LogP contribution in [0.15, 0.2) is 73.3 Å². The van der Waals surface area contributed by atoms with Crippen LogP contribution in [0.5, 0.6) is 5.75 Å². The van der Waals surface area contributed by atoms with E-state index in [0.717, 1.165) is 29.5 Å². The fourth-order valence-corrected chi connectivity index (χ4v) is 4.61. The molecular weight excluding hydrogens is 561 g/mol. The Labute approximate surface area is 244 Å². The first-order valence-corrected chi connectivity index (χ1v) is 13.2. The summed E-state index contributed by atoms with van der Waals surface area (Å²) in [5, 5.41) is 15.7. The number of rotatable bonds is 8. The number of aryl methyl sites for hydroxylation is 1. The summed E-state index contributed by atoms with van der Waals surface area (Å²) < 4.78 is 45.5. The first kappa shape index (κ1) is 29.4. The fourth-order valence-electron chi connectivity index (χ4n) is 4.61. The molecule has 0 saturated heterocycles. The zero-order valence-corrected chi connectivity index (χ0v) is 23.4. The van der Waals surface area contributed by atoms with Gasteiger partial charge in [-0.1, -0.05) is 6.07 Å². The van der Waals surface area contributed by atoms with E-state index in [1.54, 1.807) is 43.7 Å². The lowest BCUT2D eigenvalue weighted by atomic mass is 9.91. The first-order valence-electron chi connectivity index (χ1n) is 13.2. The molecule has 220 valence electrons. The van der Waals surface area contributed by atoms with Gasteiger partial charge in [0, 0.05) is 47.3 Å². The smallest absolute Gasteiger partial charge is 0.416 e. The number of fused-ring (bicyclic) bond motifs is 1. The van der Waals surface area contributed by atoms with Gasteiger partial charge in [0.2, 0.25) is 5.95 Å². The number of alkyl halides is 3. The number of aliphatic hydroxyl groups excluding tert-OH is 1. The quantitative estimate of drug-likeness (QED) is 0.198. The van der Waals surface area contributed by atoms with Crippen molar-refractivity contribution in [3.05, 3.63) is 90.0 Å². The Balaban J connectivity index is 1.63. The lowest BCUT2D eigenvalue weighted by Crippen LogP contribution is -2.20. The van der Waals surface area contributed by atoms with Crippen molar-refractivity contribution in [2.24, 2.45) is 0 Å². The Hall–Kier alpha value is -5.10. The number of pyridine rings is 2. The molecule has 5 rings (SSSR count). The number of nitrogens with zero attached hydrogens (tertiary/aromatic N) is 4. The summed E-state index contributed by atoms with van der Waals surface area (Å²) in [5.74, 6) is -0.0301.